The van der Waals surface area contributed by atoms with E-state index in [-0.39, 0.29) is 29.8 Å². The second-order valence-corrected chi connectivity index (χ2v) is 7.99. The molecule has 26 heavy (non-hydrogen) atoms. The number of halogens is 1. The van der Waals surface area contributed by atoms with E-state index in [9.17, 15) is 9.59 Å². The molecule has 3 rings (SSSR count). The maximum absolute atomic E-state index is 13.1. The van der Waals surface area contributed by atoms with Crippen LogP contribution in [0.2, 0.25) is 5.02 Å². The average molecular weight is 378 g/mol. The minimum Gasteiger partial charge on any atom is -0.338 e. The van der Waals surface area contributed by atoms with Crippen molar-refractivity contribution in [1.29, 1.82) is 0 Å². The van der Waals surface area contributed by atoms with E-state index in [4.69, 9.17) is 17.3 Å². The molecule has 2 heterocycles. The van der Waals surface area contributed by atoms with E-state index in [2.05, 4.69) is 0 Å². The highest BCUT2D eigenvalue weighted by Gasteiger charge is 2.36. The molecule has 3 unspecified atom stereocenters. The van der Waals surface area contributed by atoms with Gasteiger partial charge < -0.3 is 15.5 Å². The van der Waals surface area contributed by atoms with E-state index in [0.29, 0.717) is 23.7 Å². The van der Waals surface area contributed by atoms with Crippen LogP contribution in [-0.2, 0) is 4.79 Å². The predicted molar refractivity (Wildman–Crippen MR) is 103 cm³/mol. The fourth-order valence-electron chi connectivity index (χ4n) is 4.15. The van der Waals surface area contributed by atoms with Crippen molar-refractivity contribution >= 4 is 23.4 Å². The van der Waals surface area contributed by atoms with Gasteiger partial charge in [-0.25, -0.2) is 0 Å². The number of nitrogens with zero attached hydrogens (tertiary/aromatic N) is 2. The summed E-state index contributed by atoms with van der Waals surface area (Å²) < 4.78 is 0. The van der Waals surface area contributed by atoms with Crippen molar-refractivity contribution in [2.45, 2.75) is 51.1 Å². The van der Waals surface area contributed by atoms with Crippen molar-refractivity contribution in [2.75, 3.05) is 19.6 Å². The van der Waals surface area contributed by atoms with Crippen LogP contribution in [0.4, 0.5) is 0 Å². The Morgan fingerprint density at radius 3 is 2.54 bits per heavy atom. The number of nitrogens with two attached hydrogens (primary N) is 1. The molecule has 142 valence electrons. The van der Waals surface area contributed by atoms with Gasteiger partial charge in [-0.15, -0.1) is 0 Å². The fourth-order valence-corrected chi connectivity index (χ4v) is 4.28. The van der Waals surface area contributed by atoms with Crippen molar-refractivity contribution in [3.63, 3.8) is 0 Å². The van der Waals surface area contributed by atoms with Crippen LogP contribution in [-0.4, -0.2) is 53.3 Å². The summed E-state index contributed by atoms with van der Waals surface area (Å²) in [6.07, 6.45) is 4.83. The molecule has 1 aromatic carbocycles. The second-order valence-electron chi connectivity index (χ2n) is 7.55. The van der Waals surface area contributed by atoms with Gasteiger partial charge in [0.1, 0.15) is 0 Å². The molecule has 2 saturated heterocycles. The first-order valence-electron chi connectivity index (χ1n) is 9.58. The van der Waals surface area contributed by atoms with Crippen molar-refractivity contribution in [3.8, 4) is 0 Å². The molecule has 2 aliphatic rings. The van der Waals surface area contributed by atoms with Crippen molar-refractivity contribution in [2.24, 2.45) is 11.7 Å². The molecule has 2 N–H and O–H groups in total. The highest BCUT2D eigenvalue weighted by Crippen LogP contribution is 2.26. The molecule has 2 aliphatic heterocycles. The predicted octanol–water partition coefficient (Wildman–Crippen LogP) is 2.92. The van der Waals surface area contributed by atoms with Gasteiger partial charge in [0, 0.05) is 42.3 Å². The molecule has 2 amide bonds. The Hall–Kier alpha value is -1.59. The van der Waals surface area contributed by atoms with Crippen LogP contribution in [0.3, 0.4) is 0 Å². The van der Waals surface area contributed by atoms with Gasteiger partial charge in [-0.1, -0.05) is 11.6 Å². The number of amides is 2. The zero-order valence-electron chi connectivity index (χ0n) is 15.4. The van der Waals surface area contributed by atoms with E-state index >= 15 is 0 Å². The molecule has 0 bridgehead atoms. The summed E-state index contributed by atoms with van der Waals surface area (Å²) in [5.41, 5.74) is 6.74. The van der Waals surface area contributed by atoms with Crippen LogP contribution in [0.1, 0.15) is 49.4 Å². The zero-order chi connectivity index (χ0) is 18.7. The summed E-state index contributed by atoms with van der Waals surface area (Å²) in [4.78, 5) is 29.7. The van der Waals surface area contributed by atoms with E-state index in [1.165, 1.54) is 0 Å². The minimum absolute atomic E-state index is 0.0188. The Morgan fingerprint density at radius 2 is 1.85 bits per heavy atom. The molecular weight excluding hydrogens is 350 g/mol. The Morgan fingerprint density at radius 1 is 1.12 bits per heavy atom. The van der Waals surface area contributed by atoms with Gasteiger partial charge in [0.2, 0.25) is 5.91 Å². The lowest BCUT2D eigenvalue weighted by Crippen LogP contribution is -2.55. The van der Waals surface area contributed by atoms with Gasteiger partial charge >= 0.3 is 0 Å². The lowest BCUT2D eigenvalue weighted by atomic mass is 9.91. The van der Waals surface area contributed by atoms with Gasteiger partial charge in [-0.05, 0) is 63.3 Å². The zero-order valence-corrected chi connectivity index (χ0v) is 16.1. The van der Waals surface area contributed by atoms with Gasteiger partial charge in [0.15, 0.2) is 0 Å². The maximum atomic E-state index is 13.1. The fraction of sp³-hybridized carbons (Fsp3) is 0.600. The van der Waals surface area contributed by atoms with Crippen molar-refractivity contribution < 1.29 is 9.59 Å². The number of rotatable bonds is 3. The summed E-state index contributed by atoms with van der Waals surface area (Å²) in [6.45, 7) is 3.95. The van der Waals surface area contributed by atoms with Crippen molar-refractivity contribution in [1.82, 2.24) is 9.80 Å². The van der Waals surface area contributed by atoms with Gasteiger partial charge in [-0.2, -0.15) is 0 Å². The SMILES string of the molecule is CC(N)C1CCCCN1C(=O)C1CCCN(C(=O)c2ccc(Cl)cc2)C1. The number of piperidine rings is 2. The summed E-state index contributed by atoms with van der Waals surface area (Å²) in [7, 11) is 0. The molecule has 0 saturated carbocycles. The third-order valence-corrected chi connectivity index (χ3v) is 5.84. The van der Waals surface area contributed by atoms with E-state index in [1.807, 2.05) is 11.8 Å². The van der Waals surface area contributed by atoms with Crippen LogP contribution in [0, 0.1) is 5.92 Å². The lowest BCUT2D eigenvalue weighted by molar-refractivity contribution is -0.141. The van der Waals surface area contributed by atoms with Crippen LogP contribution in [0.5, 0.6) is 0 Å². The molecule has 1 aromatic rings. The summed E-state index contributed by atoms with van der Waals surface area (Å²) in [5.74, 6) is 0.0153. The first-order valence-corrected chi connectivity index (χ1v) is 9.96. The van der Waals surface area contributed by atoms with E-state index in [0.717, 1.165) is 38.6 Å². The minimum atomic E-state index is -0.126. The van der Waals surface area contributed by atoms with Crippen LogP contribution in [0.25, 0.3) is 0 Å². The number of hydrogen-bond acceptors (Lipinski definition) is 3. The average Bonchev–Trinajstić information content (AvgIpc) is 2.67. The Labute approximate surface area is 160 Å². The summed E-state index contributed by atoms with van der Waals surface area (Å²) in [5, 5.41) is 0.611. The normalized spacial score (nSPS) is 25.0. The molecular formula is C20H28ClN3O2. The molecule has 3 atom stereocenters. The van der Waals surface area contributed by atoms with Gasteiger partial charge in [0.05, 0.1) is 5.92 Å². The molecule has 6 heteroatoms. The second kappa shape index (κ2) is 8.40. The molecule has 0 aliphatic carbocycles. The number of benzene rings is 1. The number of carbonyl (C=O) groups is 2. The standard InChI is InChI=1S/C20H28ClN3O2/c1-14(22)18-6-2-3-12-24(18)20(26)16-5-4-11-23(13-16)19(25)15-7-9-17(21)10-8-15/h7-10,14,16,18H,2-6,11-13,22H2,1H3. The first kappa shape index (κ1) is 19.2. The first-order chi connectivity index (χ1) is 12.5. The third-order valence-electron chi connectivity index (χ3n) is 5.59. The number of likely N-dealkylation sites (tertiary alicyclic amines) is 2. The highest BCUT2D eigenvalue weighted by molar-refractivity contribution is 6.30. The third kappa shape index (κ3) is 4.21. The molecule has 0 radical (unpaired) electrons. The lowest BCUT2D eigenvalue weighted by Gasteiger charge is -2.42. The summed E-state index contributed by atoms with van der Waals surface area (Å²) in [6, 6.07) is 7.04. The monoisotopic (exact) mass is 377 g/mol. The molecule has 0 spiro atoms. The van der Waals surface area contributed by atoms with Crippen LogP contribution in [0.15, 0.2) is 24.3 Å². The van der Waals surface area contributed by atoms with Crippen LogP contribution < -0.4 is 5.73 Å². The highest BCUT2D eigenvalue weighted by atomic mass is 35.5. The topological polar surface area (TPSA) is 66.6 Å². The van der Waals surface area contributed by atoms with E-state index in [1.54, 1.807) is 29.2 Å². The Bertz CT molecular complexity index is 647. The smallest absolute Gasteiger partial charge is 0.253 e. The van der Waals surface area contributed by atoms with Gasteiger partial charge in [0.25, 0.3) is 5.91 Å². The van der Waals surface area contributed by atoms with Crippen molar-refractivity contribution in [3.05, 3.63) is 34.9 Å². The molecule has 2 fully saturated rings. The van der Waals surface area contributed by atoms with Crippen LogP contribution >= 0.6 is 11.6 Å². The van der Waals surface area contributed by atoms with E-state index < -0.39 is 0 Å². The largest absolute Gasteiger partial charge is 0.338 e. The number of carbonyl (C=O) groups excluding carboxylic acids is 2. The maximum Gasteiger partial charge on any atom is 0.253 e. The molecule has 5 nitrogen and oxygen atoms in total. The number of hydrogen-bond donors (Lipinski definition) is 1. The quantitative estimate of drug-likeness (QED) is 0.880. The van der Waals surface area contributed by atoms with Gasteiger partial charge in [-0.3, -0.25) is 9.59 Å². The Balaban J connectivity index is 1.68. The summed E-state index contributed by atoms with van der Waals surface area (Å²) >= 11 is 5.91. The Kier molecular flexibility index (Phi) is 6.20. The molecule has 0 aromatic heterocycles.